The Morgan fingerprint density at radius 3 is 2.33 bits per heavy atom. The van der Waals surface area contributed by atoms with E-state index in [0.717, 1.165) is 5.56 Å². The second-order valence-corrected chi connectivity index (χ2v) is 5.32. The third-order valence-electron chi connectivity index (χ3n) is 3.18. The minimum atomic E-state index is -0.947. The number of amides is 1. The van der Waals surface area contributed by atoms with Crippen LogP contribution in [0.4, 0.5) is 0 Å². The zero-order chi connectivity index (χ0) is 15.8. The molecule has 0 saturated carbocycles. The lowest BCUT2D eigenvalue weighted by Crippen LogP contribution is -2.38. The van der Waals surface area contributed by atoms with Crippen LogP contribution >= 0.6 is 0 Å². The zero-order valence-electron chi connectivity index (χ0n) is 12.6. The first-order chi connectivity index (χ1) is 9.88. The van der Waals surface area contributed by atoms with E-state index in [4.69, 9.17) is 5.11 Å². The molecule has 0 aliphatic heterocycles. The molecule has 21 heavy (non-hydrogen) atoms. The van der Waals surface area contributed by atoms with Crippen LogP contribution in [0.25, 0.3) is 0 Å². The number of carboxylic acid groups (broad SMARTS) is 1. The molecule has 2 N–H and O–H groups in total. The van der Waals surface area contributed by atoms with Gasteiger partial charge in [-0.1, -0.05) is 29.8 Å². The quantitative estimate of drug-likeness (QED) is 0.763. The fraction of sp³-hybridized carbons (Fsp3) is 0.500. The highest BCUT2D eigenvalue weighted by Crippen LogP contribution is 2.08. The van der Waals surface area contributed by atoms with Crippen molar-refractivity contribution in [1.82, 2.24) is 4.90 Å². The molecular formula is C16H23NO4. The van der Waals surface area contributed by atoms with Crippen LogP contribution in [-0.2, 0) is 16.0 Å². The first-order valence-corrected chi connectivity index (χ1v) is 7.11. The molecule has 0 heterocycles. The Bertz CT molecular complexity index is 468. The van der Waals surface area contributed by atoms with Gasteiger partial charge in [-0.25, -0.2) is 0 Å². The fourth-order valence-electron chi connectivity index (χ4n) is 2.03. The van der Waals surface area contributed by atoms with Gasteiger partial charge in [-0.2, -0.15) is 0 Å². The molecule has 1 rings (SSSR count). The van der Waals surface area contributed by atoms with Crippen molar-refractivity contribution in [2.75, 3.05) is 13.1 Å². The van der Waals surface area contributed by atoms with Crippen LogP contribution in [0.2, 0.25) is 0 Å². The maximum Gasteiger partial charge on any atom is 0.305 e. The van der Waals surface area contributed by atoms with Gasteiger partial charge in [0.05, 0.1) is 12.5 Å². The van der Waals surface area contributed by atoms with Crippen molar-refractivity contribution in [1.29, 1.82) is 0 Å². The summed E-state index contributed by atoms with van der Waals surface area (Å²) in [6.07, 6.45) is 0.156. The van der Waals surface area contributed by atoms with Crippen LogP contribution in [0, 0.1) is 6.92 Å². The maximum absolute atomic E-state index is 12.2. The van der Waals surface area contributed by atoms with Crippen LogP contribution in [0.1, 0.15) is 30.9 Å². The van der Waals surface area contributed by atoms with Gasteiger partial charge in [-0.05, 0) is 25.8 Å². The molecule has 5 nitrogen and oxygen atoms in total. The predicted octanol–water partition coefficient (Wildman–Crippen LogP) is 1.61. The highest BCUT2D eigenvalue weighted by Gasteiger charge is 2.16. The molecule has 116 valence electrons. The molecule has 0 radical (unpaired) electrons. The van der Waals surface area contributed by atoms with Gasteiger partial charge in [0.1, 0.15) is 0 Å². The second-order valence-electron chi connectivity index (χ2n) is 5.32. The van der Waals surface area contributed by atoms with Gasteiger partial charge < -0.3 is 15.1 Å². The molecule has 1 amide bonds. The summed E-state index contributed by atoms with van der Waals surface area (Å²) in [5.41, 5.74) is 2.24. The average Bonchev–Trinajstić information content (AvgIpc) is 2.42. The first kappa shape index (κ1) is 17.2. The number of benzene rings is 1. The van der Waals surface area contributed by atoms with Crippen molar-refractivity contribution in [3.8, 4) is 0 Å². The fourth-order valence-corrected chi connectivity index (χ4v) is 2.03. The summed E-state index contributed by atoms with van der Waals surface area (Å²) in [5, 5.41) is 18.1. The molecule has 1 aromatic carbocycles. The molecular weight excluding hydrogens is 270 g/mol. The van der Waals surface area contributed by atoms with E-state index in [0.29, 0.717) is 12.8 Å². The van der Waals surface area contributed by atoms with Crippen LogP contribution in [0.5, 0.6) is 0 Å². The SMILES string of the molecule is Cc1ccc(CCC(=O)N(CCC(=O)O)CC(C)O)cc1. The standard InChI is InChI=1S/C16H23NO4/c1-12-3-5-14(6-4-12)7-8-15(19)17(11-13(2)18)10-9-16(20)21/h3-6,13,18H,7-11H2,1-2H3,(H,20,21). The van der Waals surface area contributed by atoms with E-state index < -0.39 is 12.1 Å². The van der Waals surface area contributed by atoms with E-state index in [-0.39, 0.29) is 25.4 Å². The van der Waals surface area contributed by atoms with Crippen LogP contribution in [-0.4, -0.2) is 46.2 Å². The lowest BCUT2D eigenvalue weighted by Gasteiger charge is -2.23. The third-order valence-corrected chi connectivity index (χ3v) is 3.18. The molecule has 1 unspecified atom stereocenters. The summed E-state index contributed by atoms with van der Waals surface area (Å²) in [7, 11) is 0. The number of rotatable bonds is 8. The largest absolute Gasteiger partial charge is 0.481 e. The van der Waals surface area contributed by atoms with Crippen molar-refractivity contribution in [2.45, 2.75) is 39.2 Å². The van der Waals surface area contributed by atoms with Crippen LogP contribution < -0.4 is 0 Å². The van der Waals surface area contributed by atoms with Gasteiger partial charge in [0.15, 0.2) is 0 Å². The Balaban J connectivity index is 2.54. The minimum Gasteiger partial charge on any atom is -0.481 e. The number of nitrogens with zero attached hydrogens (tertiary/aromatic N) is 1. The van der Waals surface area contributed by atoms with Gasteiger partial charge in [-0.15, -0.1) is 0 Å². The zero-order valence-corrected chi connectivity index (χ0v) is 12.6. The van der Waals surface area contributed by atoms with Gasteiger partial charge in [-0.3, -0.25) is 9.59 Å². The summed E-state index contributed by atoms with van der Waals surface area (Å²) < 4.78 is 0. The van der Waals surface area contributed by atoms with Crippen molar-refractivity contribution in [3.05, 3.63) is 35.4 Å². The highest BCUT2D eigenvalue weighted by atomic mass is 16.4. The lowest BCUT2D eigenvalue weighted by atomic mass is 10.1. The summed E-state index contributed by atoms with van der Waals surface area (Å²) in [6, 6.07) is 7.97. The molecule has 0 spiro atoms. The molecule has 0 aliphatic carbocycles. The molecule has 0 bridgehead atoms. The molecule has 1 atom stereocenters. The third kappa shape index (κ3) is 6.90. The molecule has 0 aromatic heterocycles. The second kappa shape index (κ2) is 8.42. The molecule has 1 aromatic rings. The number of aliphatic hydroxyl groups excluding tert-OH is 1. The van der Waals surface area contributed by atoms with Gasteiger partial charge in [0.2, 0.25) is 5.91 Å². The van der Waals surface area contributed by atoms with Crippen molar-refractivity contribution in [3.63, 3.8) is 0 Å². The molecule has 0 fully saturated rings. The summed E-state index contributed by atoms with van der Waals surface area (Å²) in [6.45, 7) is 3.89. The summed E-state index contributed by atoms with van der Waals surface area (Å²) in [5.74, 6) is -1.07. The predicted molar refractivity (Wildman–Crippen MR) is 80.0 cm³/mol. The van der Waals surface area contributed by atoms with Gasteiger partial charge in [0, 0.05) is 19.5 Å². The van der Waals surface area contributed by atoms with E-state index in [1.54, 1.807) is 6.92 Å². The first-order valence-electron chi connectivity index (χ1n) is 7.11. The highest BCUT2D eigenvalue weighted by molar-refractivity contribution is 5.77. The summed E-state index contributed by atoms with van der Waals surface area (Å²) in [4.78, 5) is 24.2. The van der Waals surface area contributed by atoms with Crippen molar-refractivity contribution < 1.29 is 19.8 Å². The lowest BCUT2D eigenvalue weighted by molar-refractivity contribution is -0.139. The Labute approximate surface area is 125 Å². The Morgan fingerprint density at radius 2 is 1.81 bits per heavy atom. The number of aryl methyl sites for hydroxylation is 2. The monoisotopic (exact) mass is 293 g/mol. The Hall–Kier alpha value is -1.88. The summed E-state index contributed by atoms with van der Waals surface area (Å²) >= 11 is 0. The molecule has 0 aliphatic rings. The van der Waals surface area contributed by atoms with E-state index in [2.05, 4.69) is 0 Å². The van der Waals surface area contributed by atoms with Crippen molar-refractivity contribution in [2.24, 2.45) is 0 Å². The topological polar surface area (TPSA) is 77.8 Å². The van der Waals surface area contributed by atoms with Gasteiger partial charge in [0.25, 0.3) is 0 Å². The molecule has 5 heteroatoms. The van der Waals surface area contributed by atoms with E-state index >= 15 is 0 Å². The maximum atomic E-state index is 12.2. The number of carbonyl (C=O) groups is 2. The minimum absolute atomic E-state index is 0.108. The average molecular weight is 293 g/mol. The van der Waals surface area contributed by atoms with E-state index in [1.807, 2.05) is 31.2 Å². The number of carbonyl (C=O) groups excluding carboxylic acids is 1. The Kier molecular flexibility index (Phi) is 6.88. The number of aliphatic carboxylic acids is 1. The number of carboxylic acids is 1. The normalized spacial score (nSPS) is 12.0. The smallest absolute Gasteiger partial charge is 0.305 e. The van der Waals surface area contributed by atoms with Crippen molar-refractivity contribution >= 4 is 11.9 Å². The van der Waals surface area contributed by atoms with Crippen LogP contribution in [0.3, 0.4) is 0 Å². The van der Waals surface area contributed by atoms with E-state index in [9.17, 15) is 14.7 Å². The van der Waals surface area contributed by atoms with E-state index in [1.165, 1.54) is 10.5 Å². The van der Waals surface area contributed by atoms with Gasteiger partial charge >= 0.3 is 5.97 Å². The Morgan fingerprint density at radius 1 is 1.19 bits per heavy atom. The number of hydrogen-bond acceptors (Lipinski definition) is 3. The van der Waals surface area contributed by atoms with Crippen LogP contribution in [0.15, 0.2) is 24.3 Å². The number of hydrogen-bond donors (Lipinski definition) is 2. The number of aliphatic hydroxyl groups is 1. The molecule has 0 saturated heterocycles.